The summed E-state index contributed by atoms with van der Waals surface area (Å²) in [5.74, 6) is 6.87. The van der Waals surface area contributed by atoms with Crippen LogP contribution >= 0.6 is 0 Å². The van der Waals surface area contributed by atoms with Crippen LogP contribution in [0.15, 0.2) is 0 Å². The van der Waals surface area contributed by atoms with Crippen molar-refractivity contribution < 1.29 is 8.42 Å². The highest BCUT2D eigenvalue weighted by molar-refractivity contribution is 7.91. The first-order valence-corrected chi connectivity index (χ1v) is 8.56. The van der Waals surface area contributed by atoms with Crippen molar-refractivity contribution in [1.29, 1.82) is 0 Å². The molecule has 1 aliphatic carbocycles. The van der Waals surface area contributed by atoms with Crippen molar-refractivity contribution in [3.8, 4) is 0 Å². The maximum Gasteiger partial charge on any atom is 0.150 e. The van der Waals surface area contributed by atoms with Crippen LogP contribution in [0.1, 0.15) is 51.9 Å². The summed E-state index contributed by atoms with van der Waals surface area (Å²) >= 11 is 0. The molecule has 1 fully saturated rings. The first-order valence-electron chi connectivity index (χ1n) is 6.74. The zero-order valence-corrected chi connectivity index (χ0v) is 11.6. The van der Waals surface area contributed by atoms with Gasteiger partial charge in [0.05, 0.1) is 5.75 Å². The van der Waals surface area contributed by atoms with Gasteiger partial charge in [-0.3, -0.25) is 11.3 Å². The second-order valence-electron chi connectivity index (χ2n) is 5.13. The maximum absolute atomic E-state index is 11.4. The van der Waals surface area contributed by atoms with Gasteiger partial charge < -0.3 is 0 Å². The fourth-order valence-corrected chi connectivity index (χ4v) is 3.51. The van der Waals surface area contributed by atoms with Gasteiger partial charge in [0.15, 0.2) is 0 Å². The van der Waals surface area contributed by atoms with Gasteiger partial charge in [-0.25, -0.2) is 8.42 Å². The lowest BCUT2D eigenvalue weighted by molar-refractivity contribution is 0.373. The van der Waals surface area contributed by atoms with Gasteiger partial charge in [0, 0.05) is 11.8 Å². The topological polar surface area (TPSA) is 72.2 Å². The van der Waals surface area contributed by atoms with Crippen LogP contribution in [0.25, 0.3) is 0 Å². The molecule has 0 saturated heterocycles. The molecule has 1 rings (SSSR count). The summed E-state index contributed by atoms with van der Waals surface area (Å²) in [5, 5.41) is 0. The average molecular weight is 262 g/mol. The predicted octanol–water partition coefficient (Wildman–Crippen LogP) is 1.61. The Hall–Kier alpha value is -0.130. The van der Waals surface area contributed by atoms with Crippen LogP contribution in [0.5, 0.6) is 0 Å². The first-order chi connectivity index (χ1) is 8.07. The monoisotopic (exact) mass is 262 g/mol. The molecule has 0 amide bonds. The molecule has 0 aromatic heterocycles. The van der Waals surface area contributed by atoms with E-state index >= 15 is 0 Å². The zero-order chi connectivity index (χ0) is 12.7. The van der Waals surface area contributed by atoms with Gasteiger partial charge in [-0.2, -0.15) is 0 Å². The van der Waals surface area contributed by atoms with Crippen LogP contribution in [0.3, 0.4) is 0 Å². The SMILES string of the molecule is CCS(=O)(=O)CCCC(CC1CCCC1)NN. The summed E-state index contributed by atoms with van der Waals surface area (Å²) in [6, 6.07) is 0.283. The normalized spacial score (nSPS) is 19.6. The number of rotatable bonds is 8. The Kier molecular flexibility index (Phi) is 6.44. The van der Waals surface area contributed by atoms with Crippen molar-refractivity contribution in [2.24, 2.45) is 11.8 Å². The predicted molar refractivity (Wildman–Crippen MR) is 71.2 cm³/mol. The Morgan fingerprint density at radius 2 is 2.00 bits per heavy atom. The van der Waals surface area contributed by atoms with Crippen LogP contribution in [-0.4, -0.2) is 26.0 Å². The number of hydrazine groups is 1. The summed E-state index contributed by atoms with van der Waals surface area (Å²) in [5.41, 5.74) is 2.84. The molecule has 0 heterocycles. The standard InChI is InChI=1S/C12H26N2O2S/c1-2-17(15,16)9-5-8-12(14-13)10-11-6-3-4-7-11/h11-12,14H,2-10,13H2,1H3. The van der Waals surface area contributed by atoms with Crippen molar-refractivity contribution in [2.45, 2.75) is 57.9 Å². The number of hydrogen-bond donors (Lipinski definition) is 2. The van der Waals surface area contributed by atoms with Crippen LogP contribution in [0, 0.1) is 5.92 Å². The Morgan fingerprint density at radius 3 is 2.53 bits per heavy atom. The molecule has 0 aliphatic heterocycles. The third-order valence-electron chi connectivity index (χ3n) is 3.78. The highest BCUT2D eigenvalue weighted by atomic mass is 32.2. The lowest BCUT2D eigenvalue weighted by atomic mass is 9.96. The van der Waals surface area contributed by atoms with Crippen LogP contribution < -0.4 is 11.3 Å². The summed E-state index contributed by atoms with van der Waals surface area (Å²) in [4.78, 5) is 0. The van der Waals surface area contributed by atoms with Crippen molar-refractivity contribution in [3.05, 3.63) is 0 Å². The molecule has 1 saturated carbocycles. The minimum Gasteiger partial charge on any atom is -0.271 e. The van der Waals surface area contributed by atoms with E-state index in [9.17, 15) is 8.42 Å². The van der Waals surface area contributed by atoms with E-state index in [2.05, 4.69) is 5.43 Å². The molecular formula is C12H26N2O2S. The van der Waals surface area contributed by atoms with Crippen LogP contribution in [0.2, 0.25) is 0 Å². The van der Waals surface area contributed by atoms with E-state index in [-0.39, 0.29) is 11.8 Å². The molecule has 17 heavy (non-hydrogen) atoms. The number of nitrogens with one attached hydrogen (secondary N) is 1. The third kappa shape index (κ3) is 5.84. The molecule has 4 nitrogen and oxygen atoms in total. The van der Waals surface area contributed by atoms with Gasteiger partial charge in [0.25, 0.3) is 0 Å². The molecule has 5 heteroatoms. The lowest BCUT2D eigenvalue weighted by Gasteiger charge is -2.19. The smallest absolute Gasteiger partial charge is 0.150 e. The van der Waals surface area contributed by atoms with Crippen molar-refractivity contribution in [1.82, 2.24) is 5.43 Å². The van der Waals surface area contributed by atoms with Crippen molar-refractivity contribution in [3.63, 3.8) is 0 Å². The highest BCUT2D eigenvalue weighted by Crippen LogP contribution is 2.29. The van der Waals surface area contributed by atoms with Crippen molar-refractivity contribution >= 4 is 9.84 Å². The Morgan fingerprint density at radius 1 is 1.35 bits per heavy atom. The average Bonchev–Trinajstić information content (AvgIpc) is 2.80. The van der Waals surface area contributed by atoms with Gasteiger partial charge in [0.2, 0.25) is 0 Å². The largest absolute Gasteiger partial charge is 0.271 e. The molecule has 102 valence electrons. The number of sulfone groups is 1. The number of hydrogen-bond acceptors (Lipinski definition) is 4. The molecule has 0 spiro atoms. The van der Waals surface area contributed by atoms with E-state index in [1.807, 2.05) is 0 Å². The maximum atomic E-state index is 11.4. The van der Waals surface area contributed by atoms with Crippen molar-refractivity contribution in [2.75, 3.05) is 11.5 Å². The van der Waals surface area contributed by atoms with E-state index in [0.717, 1.165) is 25.2 Å². The molecule has 3 N–H and O–H groups in total. The van der Waals surface area contributed by atoms with E-state index in [0.29, 0.717) is 5.75 Å². The molecule has 0 aromatic carbocycles. The molecule has 0 radical (unpaired) electrons. The van der Waals surface area contributed by atoms with Crippen LogP contribution in [0.4, 0.5) is 0 Å². The summed E-state index contributed by atoms with van der Waals surface area (Å²) in [7, 11) is -2.82. The lowest BCUT2D eigenvalue weighted by Crippen LogP contribution is -2.36. The van der Waals surface area contributed by atoms with Gasteiger partial charge >= 0.3 is 0 Å². The number of nitrogens with two attached hydrogens (primary N) is 1. The Balaban J connectivity index is 2.22. The summed E-state index contributed by atoms with van der Waals surface area (Å²) < 4.78 is 22.7. The summed E-state index contributed by atoms with van der Waals surface area (Å²) in [6.45, 7) is 1.70. The first kappa shape index (κ1) is 14.9. The van der Waals surface area contributed by atoms with E-state index in [1.54, 1.807) is 6.92 Å². The Bertz CT molecular complexity index is 298. The minimum absolute atomic E-state index is 0.246. The molecular weight excluding hydrogens is 236 g/mol. The van der Waals surface area contributed by atoms with Gasteiger partial charge in [-0.15, -0.1) is 0 Å². The highest BCUT2D eigenvalue weighted by Gasteiger charge is 2.19. The third-order valence-corrected chi connectivity index (χ3v) is 5.57. The van der Waals surface area contributed by atoms with Crippen LogP contribution in [-0.2, 0) is 9.84 Å². The quantitative estimate of drug-likeness (QED) is 0.515. The minimum atomic E-state index is -2.82. The molecule has 1 atom stereocenters. The molecule has 1 unspecified atom stereocenters. The van der Waals surface area contributed by atoms with E-state index < -0.39 is 9.84 Å². The van der Waals surface area contributed by atoms with Gasteiger partial charge in [-0.1, -0.05) is 32.6 Å². The van der Waals surface area contributed by atoms with Gasteiger partial charge in [-0.05, 0) is 25.2 Å². The summed E-state index contributed by atoms with van der Waals surface area (Å²) in [6.07, 6.45) is 7.99. The van der Waals surface area contributed by atoms with E-state index in [1.165, 1.54) is 25.7 Å². The van der Waals surface area contributed by atoms with E-state index in [4.69, 9.17) is 5.84 Å². The molecule has 0 aromatic rings. The second-order valence-corrected chi connectivity index (χ2v) is 7.60. The molecule has 0 bridgehead atoms. The molecule has 1 aliphatic rings. The fraction of sp³-hybridized carbons (Fsp3) is 1.00. The fourth-order valence-electron chi connectivity index (χ4n) is 2.61. The zero-order valence-electron chi connectivity index (χ0n) is 10.8. The second kappa shape index (κ2) is 7.34. The Labute approximate surface area is 105 Å². The van der Waals surface area contributed by atoms with Gasteiger partial charge in [0.1, 0.15) is 9.84 Å².